The third kappa shape index (κ3) is 5.68. The summed E-state index contributed by atoms with van der Waals surface area (Å²) in [6.45, 7) is 10.2. The van der Waals surface area contributed by atoms with Crippen LogP contribution in [0.3, 0.4) is 0 Å². The maximum atomic E-state index is 12.0. The molecule has 2 aromatic heterocycles. The Bertz CT molecular complexity index is 1670. The largest absolute Gasteiger partial charge is 0.383 e. The highest BCUT2D eigenvalue weighted by molar-refractivity contribution is 6.31. The van der Waals surface area contributed by atoms with Gasteiger partial charge in [-0.3, -0.25) is 9.78 Å². The van der Waals surface area contributed by atoms with Crippen molar-refractivity contribution in [3.8, 4) is 12.1 Å². The minimum atomic E-state index is -1.11. The fraction of sp³-hybridized carbons (Fsp3) is 0.310. The number of carbonyl (C=O) groups excluding carboxylic acids is 1. The van der Waals surface area contributed by atoms with Gasteiger partial charge in [0.2, 0.25) is 5.91 Å². The van der Waals surface area contributed by atoms with E-state index >= 15 is 0 Å². The number of nitrogens with one attached hydrogen (secondary N) is 2. The SMILES string of the molecule is CC(C)(C)CNc1c(C#N)cnc2c(C#N)cc(NC(c3cn(C(C)(C)C(N)=O)nn3)c3ccccc3Cl)cc12. The molecule has 0 aliphatic rings. The number of nitrogens with zero attached hydrogens (tertiary/aromatic N) is 6. The molecule has 2 aromatic carbocycles. The molecule has 4 N–H and O–H groups in total. The number of halogens is 1. The van der Waals surface area contributed by atoms with Crippen molar-refractivity contribution in [3.05, 3.63) is 76.2 Å². The van der Waals surface area contributed by atoms with Crippen LogP contribution in [-0.2, 0) is 10.3 Å². The van der Waals surface area contributed by atoms with Crippen LogP contribution in [0.4, 0.5) is 11.4 Å². The predicted octanol–water partition coefficient (Wildman–Crippen LogP) is 5.10. The molecule has 0 bridgehead atoms. The van der Waals surface area contributed by atoms with Crippen LogP contribution in [0, 0.1) is 28.1 Å². The molecule has 11 heteroatoms. The Morgan fingerprint density at radius 3 is 2.45 bits per heavy atom. The van der Waals surface area contributed by atoms with Crippen LogP contribution in [-0.4, -0.2) is 32.4 Å². The van der Waals surface area contributed by atoms with Gasteiger partial charge in [0.1, 0.15) is 23.4 Å². The number of fused-ring (bicyclic) bond motifs is 1. The van der Waals surface area contributed by atoms with E-state index in [0.29, 0.717) is 56.2 Å². The lowest BCUT2D eigenvalue weighted by Crippen LogP contribution is -2.41. The molecule has 1 atom stereocenters. The summed E-state index contributed by atoms with van der Waals surface area (Å²) in [7, 11) is 0. The van der Waals surface area contributed by atoms with Crippen molar-refractivity contribution in [2.45, 2.75) is 46.2 Å². The van der Waals surface area contributed by atoms with E-state index in [0.717, 1.165) is 0 Å². The van der Waals surface area contributed by atoms with Crippen LogP contribution in [0.25, 0.3) is 10.9 Å². The first-order chi connectivity index (χ1) is 18.9. The van der Waals surface area contributed by atoms with Crippen molar-refractivity contribution in [1.29, 1.82) is 10.5 Å². The van der Waals surface area contributed by atoms with Crippen LogP contribution in [0.2, 0.25) is 5.02 Å². The number of primary amides is 1. The van der Waals surface area contributed by atoms with Crippen molar-refractivity contribution in [2.24, 2.45) is 11.1 Å². The van der Waals surface area contributed by atoms with Gasteiger partial charge in [-0.05, 0) is 43.0 Å². The minimum absolute atomic E-state index is 0.0596. The molecule has 0 saturated carbocycles. The smallest absolute Gasteiger partial charge is 0.244 e. The number of aromatic nitrogens is 4. The van der Waals surface area contributed by atoms with E-state index in [1.165, 1.54) is 10.9 Å². The number of nitrogens with two attached hydrogens (primary N) is 1. The molecule has 1 amide bonds. The summed E-state index contributed by atoms with van der Waals surface area (Å²) in [5, 5.41) is 36.3. The van der Waals surface area contributed by atoms with Gasteiger partial charge in [0.25, 0.3) is 0 Å². The fourth-order valence-electron chi connectivity index (χ4n) is 4.08. The van der Waals surface area contributed by atoms with E-state index in [-0.39, 0.29) is 5.41 Å². The third-order valence-electron chi connectivity index (χ3n) is 6.52. The molecule has 4 aromatic rings. The average Bonchev–Trinajstić information content (AvgIpc) is 3.40. The lowest BCUT2D eigenvalue weighted by Gasteiger charge is -2.23. The van der Waals surface area contributed by atoms with Crippen LogP contribution < -0.4 is 16.4 Å². The van der Waals surface area contributed by atoms with Crippen molar-refractivity contribution in [2.75, 3.05) is 17.2 Å². The molecular formula is C29H30ClN9O. The van der Waals surface area contributed by atoms with Gasteiger partial charge in [0.15, 0.2) is 0 Å². The number of benzene rings is 2. The van der Waals surface area contributed by atoms with E-state index < -0.39 is 17.5 Å². The minimum Gasteiger partial charge on any atom is -0.383 e. The average molecular weight is 556 g/mol. The quantitative estimate of drug-likeness (QED) is 0.271. The Balaban J connectivity index is 1.88. The molecule has 1 unspecified atom stereocenters. The second kappa shape index (κ2) is 10.8. The molecule has 0 saturated heterocycles. The molecule has 0 aliphatic heterocycles. The van der Waals surface area contributed by atoms with E-state index in [4.69, 9.17) is 17.3 Å². The maximum absolute atomic E-state index is 12.0. The topological polar surface area (TPSA) is 158 Å². The van der Waals surface area contributed by atoms with Gasteiger partial charge in [0, 0.05) is 28.8 Å². The number of amides is 1. The summed E-state index contributed by atoms with van der Waals surface area (Å²) in [6, 6.07) is 14.7. The second-order valence-corrected chi connectivity index (χ2v) is 11.6. The van der Waals surface area contributed by atoms with E-state index in [1.807, 2.05) is 24.3 Å². The van der Waals surface area contributed by atoms with Gasteiger partial charge in [-0.1, -0.05) is 55.8 Å². The van der Waals surface area contributed by atoms with Crippen LogP contribution in [0.1, 0.15) is 63.0 Å². The molecule has 10 nitrogen and oxygen atoms in total. The molecule has 2 heterocycles. The molecule has 0 spiro atoms. The zero-order chi connectivity index (χ0) is 29.2. The normalized spacial score (nSPS) is 12.4. The molecule has 4 rings (SSSR count). The monoisotopic (exact) mass is 555 g/mol. The Kier molecular flexibility index (Phi) is 7.68. The summed E-state index contributed by atoms with van der Waals surface area (Å²) in [5.74, 6) is -0.560. The van der Waals surface area contributed by atoms with E-state index in [1.54, 1.807) is 32.2 Å². The maximum Gasteiger partial charge on any atom is 0.244 e. The Labute approximate surface area is 237 Å². The standard InChI is InChI=1S/C29H30ClN9O/c1-28(2,3)16-35-25-18(13-32)14-34-24-17(12-31)10-19(11-21(24)25)36-26(20-8-6-7-9-22(20)30)23-15-39(38-37-23)29(4,5)27(33)40/h6-11,14-15,26,36H,16H2,1-5H3,(H2,33,40)(H,34,35). The molecule has 0 fully saturated rings. The molecule has 0 radical (unpaired) electrons. The zero-order valence-electron chi connectivity index (χ0n) is 23.0. The number of hydrogen-bond acceptors (Lipinski definition) is 8. The fourth-order valence-corrected chi connectivity index (χ4v) is 4.33. The first kappa shape index (κ1) is 28.3. The lowest BCUT2D eigenvalue weighted by atomic mass is 9.96. The highest BCUT2D eigenvalue weighted by Crippen LogP contribution is 2.35. The zero-order valence-corrected chi connectivity index (χ0v) is 23.7. The molecule has 40 heavy (non-hydrogen) atoms. The van der Waals surface area contributed by atoms with Crippen LogP contribution in [0.15, 0.2) is 48.8 Å². The van der Waals surface area contributed by atoms with Gasteiger partial charge in [-0.2, -0.15) is 10.5 Å². The van der Waals surface area contributed by atoms with Crippen molar-refractivity contribution in [1.82, 2.24) is 20.0 Å². The Morgan fingerprint density at radius 2 is 1.82 bits per heavy atom. The van der Waals surface area contributed by atoms with Gasteiger partial charge in [-0.25, -0.2) is 4.68 Å². The molecule has 204 valence electrons. The number of hydrogen-bond donors (Lipinski definition) is 3. The first-order valence-electron chi connectivity index (χ1n) is 12.6. The van der Waals surface area contributed by atoms with Crippen molar-refractivity contribution >= 4 is 39.8 Å². The van der Waals surface area contributed by atoms with E-state index in [2.05, 4.69) is 58.8 Å². The van der Waals surface area contributed by atoms with Gasteiger partial charge in [0.05, 0.1) is 34.6 Å². The summed E-state index contributed by atoms with van der Waals surface area (Å²) >= 11 is 6.61. The van der Waals surface area contributed by atoms with Crippen LogP contribution >= 0.6 is 11.6 Å². The predicted molar refractivity (Wildman–Crippen MR) is 155 cm³/mol. The first-order valence-corrected chi connectivity index (χ1v) is 13.0. The number of pyridine rings is 1. The molecule has 0 aliphatic carbocycles. The van der Waals surface area contributed by atoms with E-state index in [9.17, 15) is 15.3 Å². The Hall–Kier alpha value is -4.67. The van der Waals surface area contributed by atoms with Crippen LogP contribution in [0.5, 0.6) is 0 Å². The lowest BCUT2D eigenvalue weighted by molar-refractivity contribution is -0.125. The van der Waals surface area contributed by atoms with Gasteiger partial charge in [-0.15, -0.1) is 5.10 Å². The molecular weight excluding hydrogens is 526 g/mol. The van der Waals surface area contributed by atoms with Crippen molar-refractivity contribution < 1.29 is 4.79 Å². The number of carbonyl (C=O) groups is 1. The summed E-state index contributed by atoms with van der Waals surface area (Å²) in [6.07, 6.45) is 3.12. The van der Waals surface area contributed by atoms with Crippen molar-refractivity contribution in [3.63, 3.8) is 0 Å². The Morgan fingerprint density at radius 1 is 1.12 bits per heavy atom. The summed E-state index contributed by atoms with van der Waals surface area (Å²) in [5.41, 5.74) is 7.98. The number of nitriles is 2. The summed E-state index contributed by atoms with van der Waals surface area (Å²) in [4.78, 5) is 16.5. The third-order valence-corrected chi connectivity index (χ3v) is 6.86. The van der Waals surface area contributed by atoms with Gasteiger partial charge < -0.3 is 16.4 Å². The summed E-state index contributed by atoms with van der Waals surface area (Å²) < 4.78 is 1.41. The highest BCUT2D eigenvalue weighted by Gasteiger charge is 2.31. The second-order valence-electron chi connectivity index (χ2n) is 11.2. The number of rotatable bonds is 8. The van der Waals surface area contributed by atoms with Gasteiger partial charge >= 0.3 is 0 Å². The number of anilines is 2. The highest BCUT2D eigenvalue weighted by atomic mass is 35.5.